The average Bonchev–Trinajstić information content (AvgIpc) is 2.97. The van der Waals surface area contributed by atoms with Gasteiger partial charge in [0, 0.05) is 0 Å². The molecule has 3 heteroatoms. The van der Waals surface area contributed by atoms with Gasteiger partial charge in [0.1, 0.15) is 13.2 Å². The second-order valence-corrected chi connectivity index (χ2v) is 3.89. The highest BCUT2D eigenvalue weighted by Gasteiger charge is 2.42. The van der Waals surface area contributed by atoms with E-state index in [0.717, 1.165) is 29.9 Å². The second kappa shape index (κ2) is 2.64. The molecule has 0 radical (unpaired) electrons. The first-order valence-corrected chi connectivity index (χ1v) is 4.90. The molecule has 0 saturated heterocycles. The topological polar surface area (TPSA) is 38.7 Å². The molecule has 0 amide bonds. The molecular formula is C11H12O3. The van der Waals surface area contributed by atoms with Gasteiger partial charge in [-0.15, -0.1) is 0 Å². The van der Waals surface area contributed by atoms with Crippen molar-refractivity contribution >= 4 is 0 Å². The maximum atomic E-state index is 9.91. The summed E-state index contributed by atoms with van der Waals surface area (Å²) in [4.78, 5) is 0. The third kappa shape index (κ3) is 1.16. The molecule has 1 heterocycles. The van der Waals surface area contributed by atoms with Crippen molar-refractivity contribution in [3.63, 3.8) is 0 Å². The Morgan fingerprint density at radius 2 is 1.79 bits per heavy atom. The Morgan fingerprint density at radius 3 is 2.50 bits per heavy atom. The minimum atomic E-state index is -0.587. The summed E-state index contributed by atoms with van der Waals surface area (Å²) in [6.07, 6.45) is 1.71. The standard InChI is InChI=1S/C11H12O3/c12-11(3-4-11)8-1-2-9-10(7-8)14-6-5-13-9/h1-2,7,12H,3-6H2. The average molecular weight is 192 g/mol. The van der Waals surface area contributed by atoms with Crippen LogP contribution in [0.15, 0.2) is 18.2 Å². The van der Waals surface area contributed by atoms with Crippen LogP contribution in [0.25, 0.3) is 0 Å². The van der Waals surface area contributed by atoms with Crippen LogP contribution < -0.4 is 9.47 Å². The number of hydrogen-bond acceptors (Lipinski definition) is 3. The van der Waals surface area contributed by atoms with Crippen LogP contribution in [0.2, 0.25) is 0 Å². The van der Waals surface area contributed by atoms with E-state index < -0.39 is 5.60 Å². The van der Waals surface area contributed by atoms with Crippen molar-refractivity contribution in [2.75, 3.05) is 13.2 Å². The molecular weight excluding hydrogens is 180 g/mol. The summed E-state index contributed by atoms with van der Waals surface area (Å²) in [6, 6.07) is 5.68. The van der Waals surface area contributed by atoms with Crippen LogP contribution in [0, 0.1) is 0 Å². The molecule has 0 bridgehead atoms. The van der Waals surface area contributed by atoms with E-state index in [1.54, 1.807) is 0 Å². The summed E-state index contributed by atoms with van der Waals surface area (Å²) < 4.78 is 10.9. The van der Waals surface area contributed by atoms with E-state index in [1.807, 2.05) is 18.2 Å². The molecule has 1 aromatic rings. The summed E-state index contributed by atoms with van der Waals surface area (Å²) in [5.41, 5.74) is 0.359. The van der Waals surface area contributed by atoms with Crippen molar-refractivity contribution in [3.05, 3.63) is 23.8 Å². The van der Waals surface area contributed by atoms with E-state index in [4.69, 9.17) is 9.47 Å². The lowest BCUT2D eigenvalue weighted by molar-refractivity contribution is 0.147. The largest absolute Gasteiger partial charge is 0.486 e. The summed E-state index contributed by atoms with van der Waals surface area (Å²) in [5.74, 6) is 1.54. The van der Waals surface area contributed by atoms with Crippen molar-refractivity contribution in [2.45, 2.75) is 18.4 Å². The highest BCUT2D eigenvalue weighted by molar-refractivity contribution is 5.46. The molecule has 0 unspecified atom stereocenters. The minimum absolute atomic E-state index is 0.587. The fourth-order valence-corrected chi connectivity index (χ4v) is 1.74. The van der Waals surface area contributed by atoms with Gasteiger partial charge in [-0.1, -0.05) is 6.07 Å². The van der Waals surface area contributed by atoms with E-state index >= 15 is 0 Å². The monoisotopic (exact) mass is 192 g/mol. The quantitative estimate of drug-likeness (QED) is 0.731. The van der Waals surface area contributed by atoms with Gasteiger partial charge >= 0.3 is 0 Å². The first-order valence-electron chi connectivity index (χ1n) is 4.90. The number of ether oxygens (including phenoxy) is 2. The third-order valence-electron chi connectivity index (χ3n) is 2.80. The molecule has 2 aliphatic rings. The Bertz CT molecular complexity index is 369. The van der Waals surface area contributed by atoms with Crippen LogP contribution in [0.1, 0.15) is 18.4 Å². The molecule has 3 rings (SSSR count). The molecule has 1 aromatic carbocycles. The Hall–Kier alpha value is -1.22. The van der Waals surface area contributed by atoms with Gasteiger partial charge in [-0.2, -0.15) is 0 Å². The fourth-order valence-electron chi connectivity index (χ4n) is 1.74. The molecule has 1 N–H and O–H groups in total. The van der Waals surface area contributed by atoms with Gasteiger partial charge in [-0.3, -0.25) is 0 Å². The molecule has 74 valence electrons. The third-order valence-corrected chi connectivity index (χ3v) is 2.80. The van der Waals surface area contributed by atoms with Crippen molar-refractivity contribution in [3.8, 4) is 11.5 Å². The molecule has 0 atom stereocenters. The Balaban J connectivity index is 2.01. The predicted octanol–water partition coefficient (Wildman–Crippen LogP) is 1.44. The lowest BCUT2D eigenvalue weighted by atomic mass is 10.1. The van der Waals surface area contributed by atoms with E-state index in [-0.39, 0.29) is 0 Å². The zero-order valence-electron chi connectivity index (χ0n) is 7.82. The number of fused-ring (bicyclic) bond motifs is 1. The highest BCUT2D eigenvalue weighted by Crippen LogP contribution is 2.47. The molecule has 1 aliphatic carbocycles. The molecule has 3 nitrogen and oxygen atoms in total. The smallest absolute Gasteiger partial charge is 0.161 e. The van der Waals surface area contributed by atoms with Crippen LogP contribution in [0.4, 0.5) is 0 Å². The Kier molecular flexibility index (Phi) is 1.53. The van der Waals surface area contributed by atoms with E-state index in [9.17, 15) is 5.11 Å². The first kappa shape index (κ1) is 8.12. The molecule has 0 spiro atoms. The van der Waals surface area contributed by atoms with Gasteiger partial charge in [-0.25, -0.2) is 0 Å². The number of hydrogen-bond donors (Lipinski definition) is 1. The maximum Gasteiger partial charge on any atom is 0.161 e. The van der Waals surface area contributed by atoms with Crippen molar-refractivity contribution in [1.82, 2.24) is 0 Å². The Morgan fingerprint density at radius 1 is 1.07 bits per heavy atom. The van der Waals surface area contributed by atoms with E-state index in [0.29, 0.717) is 13.2 Å². The molecule has 1 aliphatic heterocycles. The van der Waals surface area contributed by atoms with Crippen molar-refractivity contribution in [2.24, 2.45) is 0 Å². The van der Waals surface area contributed by atoms with Crippen LogP contribution >= 0.6 is 0 Å². The van der Waals surface area contributed by atoms with E-state index in [1.165, 1.54) is 0 Å². The SMILES string of the molecule is OC1(c2ccc3c(c2)OCCO3)CC1. The second-order valence-electron chi connectivity index (χ2n) is 3.89. The van der Waals surface area contributed by atoms with Crippen LogP contribution in [-0.4, -0.2) is 18.3 Å². The molecule has 1 saturated carbocycles. The summed E-state index contributed by atoms with van der Waals surface area (Å²) in [5, 5.41) is 9.91. The zero-order chi connectivity index (χ0) is 9.60. The molecule has 0 aromatic heterocycles. The summed E-state index contributed by atoms with van der Waals surface area (Å²) in [6.45, 7) is 1.20. The van der Waals surface area contributed by atoms with Gasteiger partial charge in [0.15, 0.2) is 11.5 Å². The zero-order valence-corrected chi connectivity index (χ0v) is 7.82. The van der Waals surface area contributed by atoms with Crippen LogP contribution in [0.3, 0.4) is 0 Å². The summed E-state index contributed by atoms with van der Waals surface area (Å²) >= 11 is 0. The number of aliphatic hydroxyl groups is 1. The van der Waals surface area contributed by atoms with Gasteiger partial charge in [0.25, 0.3) is 0 Å². The predicted molar refractivity (Wildman–Crippen MR) is 50.6 cm³/mol. The van der Waals surface area contributed by atoms with Crippen LogP contribution in [0.5, 0.6) is 11.5 Å². The lowest BCUT2D eigenvalue weighted by Crippen LogP contribution is -2.16. The van der Waals surface area contributed by atoms with Crippen LogP contribution in [-0.2, 0) is 5.60 Å². The van der Waals surface area contributed by atoms with Gasteiger partial charge in [-0.05, 0) is 30.5 Å². The number of benzene rings is 1. The molecule has 1 fully saturated rings. The fraction of sp³-hybridized carbons (Fsp3) is 0.455. The van der Waals surface area contributed by atoms with Gasteiger partial charge in [0.2, 0.25) is 0 Å². The summed E-state index contributed by atoms with van der Waals surface area (Å²) in [7, 11) is 0. The van der Waals surface area contributed by atoms with E-state index in [2.05, 4.69) is 0 Å². The van der Waals surface area contributed by atoms with Crippen molar-refractivity contribution in [1.29, 1.82) is 0 Å². The maximum absolute atomic E-state index is 9.91. The van der Waals surface area contributed by atoms with Gasteiger partial charge < -0.3 is 14.6 Å². The lowest BCUT2D eigenvalue weighted by Gasteiger charge is -2.19. The normalized spacial score (nSPS) is 21.8. The van der Waals surface area contributed by atoms with Gasteiger partial charge in [0.05, 0.1) is 5.60 Å². The number of rotatable bonds is 1. The first-order chi connectivity index (χ1) is 6.78. The van der Waals surface area contributed by atoms with Crippen molar-refractivity contribution < 1.29 is 14.6 Å². The Labute approximate surface area is 82.3 Å². The molecule has 14 heavy (non-hydrogen) atoms. The highest BCUT2D eigenvalue weighted by atomic mass is 16.6. The minimum Gasteiger partial charge on any atom is -0.486 e.